The Labute approximate surface area is 84.1 Å². The molecular formula is C11H14NO2. The molecule has 3 heteroatoms. The molecule has 0 saturated carbocycles. The Morgan fingerprint density at radius 3 is 2.86 bits per heavy atom. The maximum atomic E-state index is 10.2. The Morgan fingerprint density at radius 2 is 2.21 bits per heavy atom. The predicted octanol–water partition coefficient (Wildman–Crippen LogP) is 2.34. The second-order valence-corrected chi connectivity index (χ2v) is 3.06. The summed E-state index contributed by atoms with van der Waals surface area (Å²) in [7, 11) is 0. The van der Waals surface area contributed by atoms with Gasteiger partial charge >= 0.3 is 6.41 Å². The molecule has 1 rings (SSSR count). The second-order valence-electron chi connectivity index (χ2n) is 3.06. The highest BCUT2D eigenvalue weighted by Crippen LogP contribution is 2.24. The van der Waals surface area contributed by atoms with Crippen LogP contribution >= 0.6 is 0 Å². The SMILES string of the molecule is CCC(C)Oc1ccccc1N[C]=O. The molecule has 1 aromatic carbocycles. The van der Waals surface area contributed by atoms with E-state index in [2.05, 4.69) is 5.32 Å². The van der Waals surface area contributed by atoms with Crippen LogP contribution in [0.5, 0.6) is 5.75 Å². The van der Waals surface area contributed by atoms with Crippen molar-refractivity contribution in [1.29, 1.82) is 0 Å². The van der Waals surface area contributed by atoms with E-state index in [-0.39, 0.29) is 6.10 Å². The number of benzene rings is 1. The first kappa shape index (κ1) is 10.6. The zero-order chi connectivity index (χ0) is 10.4. The third-order valence-electron chi connectivity index (χ3n) is 1.98. The summed E-state index contributed by atoms with van der Waals surface area (Å²) >= 11 is 0. The molecule has 0 heterocycles. The van der Waals surface area contributed by atoms with Crippen molar-refractivity contribution in [2.45, 2.75) is 26.4 Å². The van der Waals surface area contributed by atoms with E-state index in [0.29, 0.717) is 11.4 Å². The lowest BCUT2D eigenvalue weighted by molar-refractivity contribution is 0.218. The van der Waals surface area contributed by atoms with Crippen molar-refractivity contribution in [1.82, 2.24) is 0 Å². The van der Waals surface area contributed by atoms with Crippen LogP contribution in [-0.4, -0.2) is 12.5 Å². The molecule has 1 amide bonds. The van der Waals surface area contributed by atoms with Crippen LogP contribution in [0, 0.1) is 0 Å². The third-order valence-corrected chi connectivity index (χ3v) is 1.98. The Kier molecular flexibility index (Phi) is 3.98. The predicted molar refractivity (Wildman–Crippen MR) is 56.1 cm³/mol. The summed E-state index contributed by atoms with van der Waals surface area (Å²) in [5, 5.41) is 2.48. The molecule has 1 aromatic rings. The molecule has 1 atom stereocenters. The van der Waals surface area contributed by atoms with E-state index in [4.69, 9.17) is 4.74 Å². The van der Waals surface area contributed by atoms with E-state index in [1.165, 1.54) is 0 Å². The van der Waals surface area contributed by atoms with Crippen molar-refractivity contribution in [3.8, 4) is 5.75 Å². The van der Waals surface area contributed by atoms with Crippen LogP contribution in [0.1, 0.15) is 20.3 Å². The molecule has 3 nitrogen and oxygen atoms in total. The van der Waals surface area contributed by atoms with Crippen LogP contribution in [0.4, 0.5) is 5.69 Å². The molecule has 0 aliphatic rings. The molecule has 0 aromatic heterocycles. The van der Waals surface area contributed by atoms with Crippen molar-refractivity contribution >= 4 is 12.1 Å². The first-order valence-electron chi connectivity index (χ1n) is 4.66. The Bertz CT molecular complexity index is 299. The van der Waals surface area contributed by atoms with E-state index in [0.717, 1.165) is 6.42 Å². The van der Waals surface area contributed by atoms with Gasteiger partial charge in [-0.1, -0.05) is 19.1 Å². The number of ether oxygens (including phenoxy) is 1. The molecule has 0 bridgehead atoms. The molecule has 1 radical (unpaired) electrons. The van der Waals surface area contributed by atoms with Crippen molar-refractivity contribution in [2.24, 2.45) is 0 Å². The molecular weight excluding hydrogens is 178 g/mol. The fourth-order valence-electron chi connectivity index (χ4n) is 1.03. The van der Waals surface area contributed by atoms with Crippen LogP contribution in [0.25, 0.3) is 0 Å². The van der Waals surface area contributed by atoms with E-state index >= 15 is 0 Å². The average molecular weight is 192 g/mol. The summed E-state index contributed by atoms with van der Waals surface area (Å²) in [6.07, 6.45) is 2.71. The highest BCUT2D eigenvalue weighted by atomic mass is 16.5. The van der Waals surface area contributed by atoms with Crippen LogP contribution in [0.2, 0.25) is 0 Å². The van der Waals surface area contributed by atoms with Crippen LogP contribution in [0.15, 0.2) is 24.3 Å². The van der Waals surface area contributed by atoms with Gasteiger partial charge in [0.25, 0.3) is 0 Å². The van der Waals surface area contributed by atoms with Gasteiger partial charge in [0.05, 0.1) is 11.8 Å². The maximum Gasteiger partial charge on any atom is 0.314 e. The summed E-state index contributed by atoms with van der Waals surface area (Å²) in [6, 6.07) is 7.31. The first-order chi connectivity index (χ1) is 6.77. The monoisotopic (exact) mass is 192 g/mol. The van der Waals surface area contributed by atoms with Gasteiger partial charge in [-0.05, 0) is 25.5 Å². The molecule has 1 N–H and O–H groups in total. The van der Waals surface area contributed by atoms with E-state index in [1.807, 2.05) is 32.0 Å². The Morgan fingerprint density at radius 1 is 1.50 bits per heavy atom. The third kappa shape index (κ3) is 2.76. The van der Waals surface area contributed by atoms with Gasteiger partial charge < -0.3 is 10.1 Å². The smallest absolute Gasteiger partial charge is 0.314 e. The van der Waals surface area contributed by atoms with Crippen molar-refractivity contribution in [2.75, 3.05) is 5.32 Å². The van der Waals surface area contributed by atoms with Crippen molar-refractivity contribution in [3.63, 3.8) is 0 Å². The van der Waals surface area contributed by atoms with E-state index in [9.17, 15) is 4.79 Å². The van der Waals surface area contributed by atoms with Gasteiger partial charge in [-0.3, -0.25) is 4.79 Å². The minimum absolute atomic E-state index is 0.143. The molecule has 0 aliphatic heterocycles. The highest BCUT2D eigenvalue weighted by molar-refractivity contribution is 5.75. The number of nitrogens with one attached hydrogen (secondary N) is 1. The molecule has 14 heavy (non-hydrogen) atoms. The van der Waals surface area contributed by atoms with Gasteiger partial charge in [0.2, 0.25) is 0 Å². The van der Waals surface area contributed by atoms with E-state index < -0.39 is 0 Å². The highest BCUT2D eigenvalue weighted by Gasteiger charge is 2.05. The fourth-order valence-corrected chi connectivity index (χ4v) is 1.03. The largest absolute Gasteiger partial charge is 0.489 e. The lowest BCUT2D eigenvalue weighted by atomic mass is 10.2. The normalized spacial score (nSPS) is 11.9. The van der Waals surface area contributed by atoms with E-state index in [1.54, 1.807) is 12.5 Å². The molecule has 1 unspecified atom stereocenters. The lowest BCUT2D eigenvalue weighted by Gasteiger charge is -2.14. The number of hydrogen-bond donors (Lipinski definition) is 1. The minimum atomic E-state index is 0.143. The number of hydrogen-bond acceptors (Lipinski definition) is 2. The first-order valence-corrected chi connectivity index (χ1v) is 4.66. The summed E-state index contributed by atoms with van der Waals surface area (Å²) in [6.45, 7) is 4.04. The zero-order valence-corrected chi connectivity index (χ0v) is 8.41. The summed E-state index contributed by atoms with van der Waals surface area (Å²) in [5.41, 5.74) is 0.655. The average Bonchev–Trinajstić information content (AvgIpc) is 2.21. The number of para-hydroxylation sites is 2. The molecule has 0 saturated heterocycles. The quantitative estimate of drug-likeness (QED) is 0.727. The van der Waals surface area contributed by atoms with Crippen molar-refractivity contribution < 1.29 is 9.53 Å². The van der Waals surface area contributed by atoms with Gasteiger partial charge in [0.1, 0.15) is 5.75 Å². The van der Waals surface area contributed by atoms with Crippen molar-refractivity contribution in [3.05, 3.63) is 24.3 Å². The Balaban J connectivity index is 2.78. The molecule has 0 spiro atoms. The lowest BCUT2D eigenvalue weighted by Crippen LogP contribution is -2.11. The van der Waals surface area contributed by atoms with Gasteiger partial charge in [0, 0.05) is 0 Å². The fraction of sp³-hybridized carbons (Fsp3) is 0.364. The summed E-state index contributed by atoms with van der Waals surface area (Å²) in [4.78, 5) is 10.2. The maximum absolute atomic E-state index is 10.2. The van der Waals surface area contributed by atoms with Gasteiger partial charge in [-0.2, -0.15) is 0 Å². The van der Waals surface area contributed by atoms with Gasteiger partial charge in [-0.15, -0.1) is 0 Å². The van der Waals surface area contributed by atoms with Crippen LogP contribution < -0.4 is 10.1 Å². The molecule has 0 fully saturated rings. The molecule has 75 valence electrons. The number of anilines is 1. The van der Waals surface area contributed by atoms with Gasteiger partial charge in [0.15, 0.2) is 0 Å². The second kappa shape index (κ2) is 5.27. The standard InChI is InChI=1S/C11H14NO2/c1-3-9(2)14-11-7-5-4-6-10(11)12-8-13/h4-7,9H,3H2,1-2H3,(H,12,13). The number of carbonyl (C=O) groups excluding carboxylic acids is 1. The zero-order valence-electron chi connectivity index (χ0n) is 8.41. The minimum Gasteiger partial charge on any atom is -0.489 e. The van der Waals surface area contributed by atoms with Gasteiger partial charge in [-0.25, -0.2) is 0 Å². The van der Waals surface area contributed by atoms with Crippen LogP contribution in [-0.2, 0) is 4.79 Å². The number of rotatable bonds is 5. The molecule has 0 aliphatic carbocycles. The topological polar surface area (TPSA) is 38.3 Å². The number of amides is 1. The van der Waals surface area contributed by atoms with Crippen LogP contribution in [0.3, 0.4) is 0 Å². The summed E-state index contributed by atoms with van der Waals surface area (Å²) in [5.74, 6) is 0.685. The Hall–Kier alpha value is -1.51. The summed E-state index contributed by atoms with van der Waals surface area (Å²) < 4.78 is 5.61.